The molecule has 2 aromatic heterocycles. The largest absolute Gasteiger partial charge is 0.492 e. The van der Waals surface area contributed by atoms with Crippen molar-refractivity contribution in [1.29, 1.82) is 0 Å². The molecule has 6 heteroatoms. The molecule has 0 aliphatic carbocycles. The van der Waals surface area contributed by atoms with E-state index in [1.165, 1.54) is 12.5 Å². The van der Waals surface area contributed by atoms with Crippen LogP contribution in [0.25, 0.3) is 21.9 Å². The van der Waals surface area contributed by atoms with Crippen molar-refractivity contribution in [2.75, 3.05) is 7.11 Å². The Morgan fingerprint density at radius 2 is 1.95 bits per heavy atom. The van der Waals surface area contributed by atoms with E-state index in [1.54, 1.807) is 19.2 Å². The molecule has 0 aliphatic rings. The number of aliphatic carboxylic acids is 1. The molecule has 3 aromatic rings. The summed E-state index contributed by atoms with van der Waals surface area (Å²) in [6, 6.07) is 2.50. The lowest BCUT2D eigenvalue weighted by Crippen LogP contribution is -2.32. The first kappa shape index (κ1) is 12.6. The molecule has 0 spiro atoms. The molecule has 0 amide bonds. The Morgan fingerprint density at radius 1 is 1.30 bits per heavy atom. The number of fused-ring (bicyclic) bond motifs is 2. The molecular formula is C14H13NO5. The summed E-state index contributed by atoms with van der Waals surface area (Å²) in [7, 11) is 1.55. The first-order valence-corrected chi connectivity index (χ1v) is 6.05. The van der Waals surface area contributed by atoms with Gasteiger partial charge in [-0.1, -0.05) is 0 Å². The monoisotopic (exact) mass is 275 g/mol. The second-order valence-electron chi connectivity index (χ2n) is 4.49. The fraction of sp³-hybridized carbons (Fsp3) is 0.214. The molecule has 0 aliphatic heterocycles. The van der Waals surface area contributed by atoms with Gasteiger partial charge in [0.15, 0.2) is 11.3 Å². The van der Waals surface area contributed by atoms with Crippen LogP contribution in [0.3, 0.4) is 0 Å². The average Bonchev–Trinajstić information content (AvgIpc) is 3.06. The van der Waals surface area contributed by atoms with Crippen LogP contribution in [0, 0.1) is 0 Å². The van der Waals surface area contributed by atoms with Crippen LogP contribution in [0.5, 0.6) is 5.75 Å². The molecule has 0 radical (unpaired) electrons. The molecule has 3 rings (SSSR count). The van der Waals surface area contributed by atoms with Crippen LogP contribution in [0.4, 0.5) is 0 Å². The molecule has 0 saturated heterocycles. The molecule has 1 atom stereocenters. The number of nitrogens with two attached hydrogens (primary N) is 1. The fourth-order valence-corrected chi connectivity index (χ4v) is 2.40. The lowest BCUT2D eigenvalue weighted by atomic mass is 9.99. The number of benzene rings is 1. The highest BCUT2D eigenvalue weighted by Gasteiger charge is 2.22. The van der Waals surface area contributed by atoms with Crippen molar-refractivity contribution in [2.24, 2.45) is 5.73 Å². The summed E-state index contributed by atoms with van der Waals surface area (Å²) in [6.45, 7) is 0. The van der Waals surface area contributed by atoms with E-state index in [2.05, 4.69) is 0 Å². The highest BCUT2D eigenvalue weighted by Crippen LogP contribution is 2.39. The molecule has 1 unspecified atom stereocenters. The molecule has 20 heavy (non-hydrogen) atoms. The molecule has 6 nitrogen and oxygen atoms in total. The molecule has 0 fully saturated rings. The molecular weight excluding hydrogens is 262 g/mol. The van der Waals surface area contributed by atoms with Gasteiger partial charge in [0.1, 0.15) is 11.6 Å². The van der Waals surface area contributed by atoms with Crippen LogP contribution in [-0.4, -0.2) is 24.2 Å². The molecule has 1 aromatic carbocycles. The predicted molar refractivity (Wildman–Crippen MR) is 71.9 cm³/mol. The normalized spacial score (nSPS) is 12.9. The van der Waals surface area contributed by atoms with Crippen molar-refractivity contribution in [3.63, 3.8) is 0 Å². The van der Waals surface area contributed by atoms with E-state index >= 15 is 0 Å². The zero-order valence-electron chi connectivity index (χ0n) is 10.8. The summed E-state index contributed by atoms with van der Waals surface area (Å²) in [5.41, 5.74) is 7.49. The van der Waals surface area contributed by atoms with Crippen molar-refractivity contribution in [2.45, 2.75) is 12.5 Å². The minimum atomic E-state index is -1.06. The maximum Gasteiger partial charge on any atom is 0.320 e. The smallest absolute Gasteiger partial charge is 0.320 e. The number of rotatable bonds is 4. The Balaban J connectivity index is 2.30. The SMILES string of the molecule is COc1c2ccoc2c(CC(N)C(=O)O)c2ccoc12. The number of hydrogen-bond donors (Lipinski definition) is 2. The lowest BCUT2D eigenvalue weighted by Gasteiger charge is -2.10. The lowest BCUT2D eigenvalue weighted by molar-refractivity contribution is -0.138. The zero-order valence-corrected chi connectivity index (χ0v) is 10.8. The Labute approximate surface area is 113 Å². The van der Waals surface area contributed by atoms with Crippen molar-refractivity contribution in [3.05, 3.63) is 30.2 Å². The topological polar surface area (TPSA) is 98.8 Å². The molecule has 0 saturated carbocycles. The van der Waals surface area contributed by atoms with Crippen molar-refractivity contribution < 1.29 is 23.5 Å². The third kappa shape index (κ3) is 1.73. The van der Waals surface area contributed by atoms with Gasteiger partial charge in [-0.3, -0.25) is 4.79 Å². The van der Waals surface area contributed by atoms with Gasteiger partial charge >= 0.3 is 5.97 Å². The number of ether oxygens (including phenoxy) is 1. The Morgan fingerprint density at radius 3 is 2.60 bits per heavy atom. The van der Waals surface area contributed by atoms with Gasteiger partial charge in [-0.2, -0.15) is 0 Å². The van der Waals surface area contributed by atoms with E-state index in [0.29, 0.717) is 22.5 Å². The molecule has 104 valence electrons. The molecule has 3 N–H and O–H groups in total. The van der Waals surface area contributed by atoms with Gasteiger partial charge in [-0.25, -0.2) is 0 Å². The highest BCUT2D eigenvalue weighted by molar-refractivity contribution is 6.04. The number of carboxylic acids is 1. The van der Waals surface area contributed by atoms with Crippen molar-refractivity contribution >= 4 is 27.9 Å². The second kappa shape index (κ2) is 4.57. The summed E-state index contributed by atoms with van der Waals surface area (Å²) < 4.78 is 16.3. The maximum absolute atomic E-state index is 11.0. The predicted octanol–water partition coefficient (Wildman–Crippen LogP) is 2.14. The van der Waals surface area contributed by atoms with E-state index in [0.717, 1.165) is 10.8 Å². The third-order valence-corrected chi connectivity index (χ3v) is 3.33. The first-order valence-electron chi connectivity index (χ1n) is 6.05. The van der Waals surface area contributed by atoms with Crippen LogP contribution in [-0.2, 0) is 11.2 Å². The van der Waals surface area contributed by atoms with Gasteiger partial charge in [0, 0.05) is 17.4 Å². The fourth-order valence-electron chi connectivity index (χ4n) is 2.40. The van der Waals surface area contributed by atoms with Gasteiger partial charge in [-0.15, -0.1) is 0 Å². The number of methoxy groups -OCH3 is 1. The van der Waals surface area contributed by atoms with Gasteiger partial charge in [-0.05, 0) is 12.1 Å². The van der Waals surface area contributed by atoms with Crippen LogP contribution >= 0.6 is 0 Å². The van der Waals surface area contributed by atoms with Gasteiger partial charge in [0.25, 0.3) is 0 Å². The summed E-state index contributed by atoms with van der Waals surface area (Å²) in [5, 5.41) is 10.5. The maximum atomic E-state index is 11.0. The summed E-state index contributed by atoms with van der Waals surface area (Å²) >= 11 is 0. The number of carboxylic acid groups (broad SMARTS) is 1. The molecule has 0 bridgehead atoms. The highest BCUT2D eigenvalue weighted by atomic mass is 16.5. The molecule has 2 heterocycles. The van der Waals surface area contributed by atoms with Crippen LogP contribution in [0.15, 0.2) is 33.5 Å². The average molecular weight is 275 g/mol. The minimum absolute atomic E-state index is 0.152. The summed E-state index contributed by atoms with van der Waals surface area (Å²) in [5.74, 6) is -0.487. The standard InChI is InChI=1S/C14H13NO5/c1-18-12-8-3-5-19-11(8)9(6-10(15)14(16)17)7-2-4-20-13(7)12/h2-5,10H,6,15H2,1H3,(H,16,17). The van der Waals surface area contributed by atoms with E-state index in [9.17, 15) is 4.79 Å². The van der Waals surface area contributed by atoms with Crippen LogP contribution < -0.4 is 10.5 Å². The van der Waals surface area contributed by atoms with Crippen molar-refractivity contribution in [3.8, 4) is 5.75 Å². The quantitative estimate of drug-likeness (QED) is 0.756. The number of furan rings is 2. The third-order valence-electron chi connectivity index (χ3n) is 3.33. The van der Waals surface area contributed by atoms with E-state index in [1.807, 2.05) is 0 Å². The van der Waals surface area contributed by atoms with E-state index in [-0.39, 0.29) is 6.42 Å². The Bertz CT molecular complexity index is 734. The summed E-state index contributed by atoms with van der Waals surface area (Å²) in [4.78, 5) is 11.0. The minimum Gasteiger partial charge on any atom is -0.492 e. The van der Waals surface area contributed by atoms with Crippen LogP contribution in [0.1, 0.15) is 5.56 Å². The van der Waals surface area contributed by atoms with Crippen LogP contribution in [0.2, 0.25) is 0 Å². The van der Waals surface area contributed by atoms with Gasteiger partial charge in [0.05, 0.1) is 25.0 Å². The Hall–Kier alpha value is -2.47. The second-order valence-corrected chi connectivity index (χ2v) is 4.49. The number of carbonyl (C=O) groups is 1. The van der Waals surface area contributed by atoms with Gasteiger partial charge in [0.2, 0.25) is 0 Å². The van der Waals surface area contributed by atoms with Gasteiger partial charge < -0.3 is 24.4 Å². The van der Waals surface area contributed by atoms with E-state index in [4.69, 9.17) is 24.4 Å². The van der Waals surface area contributed by atoms with Crippen molar-refractivity contribution in [1.82, 2.24) is 0 Å². The first-order chi connectivity index (χ1) is 9.63. The van der Waals surface area contributed by atoms with E-state index < -0.39 is 12.0 Å². The zero-order chi connectivity index (χ0) is 14.3. The Kier molecular flexibility index (Phi) is 2.87. The number of hydrogen-bond acceptors (Lipinski definition) is 5. The summed E-state index contributed by atoms with van der Waals surface area (Å²) in [6.07, 6.45) is 3.21.